The number of carbonyl (C=O) groups excluding carboxylic acids is 3. The van der Waals surface area contributed by atoms with Gasteiger partial charge in [0.15, 0.2) is 11.9 Å². The maximum atomic E-state index is 12.6. The van der Waals surface area contributed by atoms with Crippen LogP contribution in [0.4, 0.5) is 5.69 Å². The minimum Gasteiger partial charge on any atom is -0.453 e. The lowest BCUT2D eigenvalue weighted by molar-refractivity contribution is -0.160. The predicted molar refractivity (Wildman–Crippen MR) is 106 cm³/mol. The third-order valence-corrected chi connectivity index (χ3v) is 6.92. The molecule has 4 fully saturated rings. The van der Waals surface area contributed by atoms with Crippen LogP contribution in [-0.4, -0.2) is 23.8 Å². The normalized spacial score (nSPS) is 31.3. The second kappa shape index (κ2) is 7.34. The number of hydrogen-bond acceptors (Lipinski definition) is 4. The third-order valence-electron chi connectivity index (χ3n) is 6.92. The molecule has 4 aliphatic rings. The summed E-state index contributed by atoms with van der Waals surface area (Å²) in [6, 6.07) is 6.69. The highest BCUT2D eigenvalue weighted by Gasteiger charge is 2.51. The molecule has 0 aromatic heterocycles. The van der Waals surface area contributed by atoms with Gasteiger partial charge in [0.05, 0.1) is 6.42 Å². The first-order valence-electron chi connectivity index (χ1n) is 10.4. The molecule has 0 aliphatic heterocycles. The van der Waals surface area contributed by atoms with Crippen LogP contribution in [0.25, 0.3) is 0 Å². The molecule has 1 atom stereocenters. The average Bonchev–Trinajstić information content (AvgIpc) is 2.60. The monoisotopic (exact) mass is 383 g/mol. The quantitative estimate of drug-likeness (QED) is 0.585. The maximum Gasteiger partial charge on any atom is 0.307 e. The molecule has 4 saturated carbocycles. The molecule has 1 aromatic carbocycles. The van der Waals surface area contributed by atoms with Gasteiger partial charge in [-0.3, -0.25) is 14.4 Å². The van der Waals surface area contributed by atoms with Crippen LogP contribution in [0.15, 0.2) is 24.3 Å². The number of benzene rings is 1. The number of anilines is 1. The van der Waals surface area contributed by atoms with Crippen LogP contribution in [0.1, 0.15) is 69.2 Å². The largest absolute Gasteiger partial charge is 0.453 e. The zero-order valence-electron chi connectivity index (χ0n) is 16.7. The Balaban J connectivity index is 1.30. The molecular formula is C23H29NO4. The highest BCUT2D eigenvalue weighted by molar-refractivity contribution is 5.97. The van der Waals surface area contributed by atoms with Gasteiger partial charge in [0.25, 0.3) is 5.91 Å². The molecule has 0 saturated heterocycles. The van der Waals surface area contributed by atoms with Gasteiger partial charge < -0.3 is 10.1 Å². The van der Waals surface area contributed by atoms with Crippen molar-refractivity contribution in [3.8, 4) is 0 Å². The number of ketones is 1. The van der Waals surface area contributed by atoms with Crippen molar-refractivity contribution in [1.29, 1.82) is 0 Å². The van der Waals surface area contributed by atoms with Gasteiger partial charge in [-0.2, -0.15) is 0 Å². The van der Waals surface area contributed by atoms with E-state index in [2.05, 4.69) is 5.32 Å². The van der Waals surface area contributed by atoms with Crippen molar-refractivity contribution < 1.29 is 19.1 Å². The van der Waals surface area contributed by atoms with Gasteiger partial charge in [-0.05, 0) is 99.8 Å². The van der Waals surface area contributed by atoms with Crippen LogP contribution in [0.3, 0.4) is 0 Å². The summed E-state index contributed by atoms with van der Waals surface area (Å²) in [6.45, 7) is 3.11. The fourth-order valence-corrected chi connectivity index (χ4v) is 6.14. The summed E-state index contributed by atoms with van der Waals surface area (Å²) >= 11 is 0. The highest BCUT2D eigenvalue weighted by Crippen LogP contribution is 2.61. The average molecular weight is 383 g/mol. The Morgan fingerprint density at radius 2 is 1.57 bits per heavy atom. The number of nitrogens with one attached hydrogen (secondary N) is 1. The van der Waals surface area contributed by atoms with Gasteiger partial charge in [-0.1, -0.05) is 0 Å². The van der Waals surface area contributed by atoms with E-state index in [0.717, 1.165) is 37.0 Å². The molecule has 0 unspecified atom stereocenters. The van der Waals surface area contributed by atoms with Gasteiger partial charge in [-0.25, -0.2) is 0 Å². The van der Waals surface area contributed by atoms with Crippen LogP contribution in [0, 0.1) is 23.2 Å². The van der Waals surface area contributed by atoms with E-state index in [1.807, 2.05) is 0 Å². The van der Waals surface area contributed by atoms with Gasteiger partial charge in [0.1, 0.15) is 0 Å². The highest BCUT2D eigenvalue weighted by atomic mass is 16.5. The minimum atomic E-state index is -0.839. The number of ether oxygens (including phenoxy) is 1. The van der Waals surface area contributed by atoms with E-state index in [0.29, 0.717) is 17.7 Å². The van der Waals surface area contributed by atoms with Gasteiger partial charge >= 0.3 is 5.97 Å². The van der Waals surface area contributed by atoms with E-state index in [1.165, 1.54) is 26.2 Å². The smallest absolute Gasteiger partial charge is 0.307 e. The fraction of sp³-hybridized carbons (Fsp3) is 0.609. The van der Waals surface area contributed by atoms with Crippen molar-refractivity contribution in [3.05, 3.63) is 29.8 Å². The van der Waals surface area contributed by atoms with Gasteiger partial charge in [0.2, 0.25) is 0 Å². The maximum absolute atomic E-state index is 12.6. The number of hydrogen-bond donors (Lipinski definition) is 1. The number of amides is 1. The molecule has 4 aliphatic carbocycles. The first kappa shape index (κ1) is 19.2. The molecule has 0 heterocycles. The third kappa shape index (κ3) is 3.98. The van der Waals surface area contributed by atoms with E-state index in [9.17, 15) is 14.4 Å². The van der Waals surface area contributed by atoms with Crippen LogP contribution in [0.2, 0.25) is 0 Å². The van der Waals surface area contributed by atoms with E-state index in [4.69, 9.17) is 4.74 Å². The Kier molecular flexibility index (Phi) is 5.02. The molecule has 5 rings (SSSR count). The first-order chi connectivity index (χ1) is 13.3. The first-order valence-corrected chi connectivity index (χ1v) is 10.4. The second-order valence-electron chi connectivity index (χ2n) is 9.35. The van der Waals surface area contributed by atoms with Gasteiger partial charge in [0, 0.05) is 11.3 Å². The molecule has 1 N–H and O–H groups in total. The van der Waals surface area contributed by atoms with Crippen molar-refractivity contribution in [2.45, 2.75) is 64.9 Å². The predicted octanol–water partition coefficient (Wildman–Crippen LogP) is 4.37. The van der Waals surface area contributed by atoms with Gasteiger partial charge in [-0.15, -0.1) is 0 Å². The van der Waals surface area contributed by atoms with E-state index in [1.54, 1.807) is 31.2 Å². The zero-order valence-corrected chi connectivity index (χ0v) is 16.7. The molecule has 1 aromatic rings. The molecule has 4 bridgehead atoms. The molecule has 1 amide bonds. The lowest BCUT2D eigenvalue weighted by atomic mass is 9.49. The Morgan fingerprint density at radius 3 is 2.07 bits per heavy atom. The summed E-state index contributed by atoms with van der Waals surface area (Å²) in [5.74, 6) is 1.74. The number of rotatable bonds is 6. The lowest BCUT2D eigenvalue weighted by Crippen LogP contribution is -2.47. The molecular weight excluding hydrogens is 354 g/mol. The van der Waals surface area contributed by atoms with Crippen LogP contribution in [0.5, 0.6) is 0 Å². The van der Waals surface area contributed by atoms with E-state index in [-0.39, 0.29) is 23.1 Å². The van der Waals surface area contributed by atoms with Crippen molar-refractivity contribution in [1.82, 2.24) is 0 Å². The Morgan fingerprint density at radius 1 is 1.04 bits per heavy atom. The summed E-state index contributed by atoms with van der Waals surface area (Å²) in [5.41, 5.74) is 1.29. The van der Waals surface area contributed by atoms with Crippen molar-refractivity contribution in [2.24, 2.45) is 23.2 Å². The number of Topliss-reactive ketones (excluding diaryl/α,β-unsaturated/α-hetero) is 1. The number of esters is 1. The summed E-state index contributed by atoms with van der Waals surface area (Å²) in [4.78, 5) is 36.3. The standard InChI is InChI=1S/C23H29NO4/c1-14(25)19-3-5-20(6-4-19)24-22(27)15(2)28-21(26)13-23-10-16-7-17(11-23)9-18(8-16)12-23/h3-6,15-18H,7-13H2,1-2H3,(H,24,27)/t15-,16?,17?,18?,23?/m1/s1. The Labute approximate surface area is 166 Å². The Bertz CT molecular complexity index is 747. The summed E-state index contributed by atoms with van der Waals surface area (Å²) in [5, 5.41) is 2.75. The van der Waals surface area contributed by atoms with Crippen LogP contribution >= 0.6 is 0 Å². The molecule has 5 nitrogen and oxygen atoms in total. The number of carbonyl (C=O) groups is 3. The fourth-order valence-electron chi connectivity index (χ4n) is 6.14. The summed E-state index contributed by atoms with van der Waals surface area (Å²) in [6.07, 6.45) is 7.09. The molecule has 150 valence electrons. The topological polar surface area (TPSA) is 72.5 Å². The molecule has 5 heteroatoms. The Hall–Kier alpha value is -2.17. The SMILES string of the molecule is CC(=O)c1ccc(NC(=O)[C@@H](C)OC(=O)CC23CC4CC(CC(C4)C2)C3)cc1. The molecule has 28 heavy (non-hydrogen) atoms. The minimum absolute atomic E-state index is 0.0233. The van der Waals surface area contributed by atoms with Crippen LogP contribution in [-0.2, 0) is 14.3 Å². The zero-order chi connectivity index (χ0) is 19.9. The van der Waals surface area contributed by atoms with E-state index >= 15 is 0 Å². The molecule has 0 radical (unpaired) electrons. The van der Waals surface area contributed by atoms with Crippen molar-refractivity contribution in [3.63, 3.8) is 0 Å². The lowest BCUT2D eigenvalue weighted by Gasteiger charge is -2.56. The second-order valence-corrected chi connectivity index (χ2v) is 9.35. The van der Waals surface area contributed by atoms with Crippen LogP contribution < -0.4 is 5.32 Å². The molecule has 0 spiro atoms. The van der Waals surface area contributed by atoms with E-state index < -0.39 is 6.10 Å². The summed E-state index contributed by atoms with van der Waals surface area (Å²) in [7, 11) is 0. The van der Waals surface area contributed by atoms with Crippen molar-refractivity contribution in [2.75, 3.05) is 5.32 Å². The van der Waals surface area contributed by atoms with Crippen molar-refractivity contribution >= 4 is 23.3 Å². The summed E-state index contributed by atoms with van der Waals surface area (Å²) < 4.78 is 5.48.